The van der Waals surface area contributed by atoms with Gasteiger partial charge in [-0.2, -0.15) is 0 Å². The third kappa shape index (κ3) is 3.81. The molecule has 6 heteroatoms. The number of thioether (sulfide) groups is 1. The summed E-state index contributed by atoms with van der Waals surface area (Å²) in [5, 5.41) is 9.50. The largest absolute Gasteiger partial charge is 0.284 e. The molecule has 26 heavy (non-hydrogen) atoms. The van der Waals surface area contributed by atoms with Crippen molar-refractivity contribution in [2.45, 2.75) is 35.4 Å². The van der Waals surface area contributed by atoms with Crippen LogP contribution in [0, 0.1) is 0 Å². The monoisotopic (exact) mass is 381 g/mol. The first-order chi connectivity index (χ1) is 12.7. The first-order valence-corrected chi connectivity index (χ1v) is 10.3. The molecule has 2 aromatic carbocycles. The van der Waals surface area contributed by atoms with Crippen molar-refractivity contribution in [1.29, 1.82) is 0 Å². The second-order valence-electron chi connectivity index (χ2n) is 6.29. The Bertz CT molecular complexity index is 839. The SMILES string of the molecule is CC(=O)N(c1nnc(SC(c2ccccc2)c2ccccc2)s1)C1CC1. The number of hydrogen-bond donors (Lipinski definition) is 0. The van der Waals surface area contributed by atoms with Crippen LogP contribution in [0.15, 0.2) is 65.0 Å². The topological polar surface area (TPSA) is 46.1 Å². The highest BCUT2D eigenvalue weighted by Crippen LogP contribution is 2.43. The average molecular weight is 382 g/mol. The van der Waals surface area contributed by atoms with Crippen LogP contribution in [-0.4, -0.2) is 22.1 Å². The Hall–Kier alpha value is -2.18. The lowest BCUT2D eigenvalue weighted by molar-refractivity contribution is -0.116. The maximum absolute atomic E-state index is 12.0. The van der Waals surface area contributed by atoms with Crippen molar-refractivity contribution in [3.05, 3.63) is 71.8 Å². The average Bonchev–Trinajstić information content (AvgIpc) is 3.39. The molecule has 4 rings (SSSR count). The van der Waals surface area contributed by atoms with Crippen molar-refractivity contribution in [2.75, 3.05) is 4.90 Å². The minimum absolute atomic E-state index is 0.0443. The molecule has 132 valence electrons. The molecule has 0 unspecified atom stereocenters. The summed E-state index contributed by atoms with van der Waals surface area (Å²) in [4.78, 5) is 13.8. The van der Waals surface area contributed by atoms with E-state index in [0.29, 0.717) is 11.2 Å². The molecule has 1 aromatic heterocycles. The number of nitrogens with zero attached hydrogens (tertiary/aromatic N) is 3. The van der Waals surface area contributed by atoms with Crippen LogP contribution in [0.2, 0.25) is 0 Å². The van der Waals surface area contributed by atoms with Gasteiger partial charge in [-0.1, -0.05) is 83.8 Å². The van der Waals surface area contributed by atoms with Gasteiger partial charge in [-0.25, -0.2) is 0 Å². The quantitative estimate of drug-likeness (QED) is 0.448. The lowest BCUT2D eigenvalue weighted by Crippen LogP contribution is -2.30. The van der Waals surface area contributed by atoms with E-state index in [-0.39, 0.29) is 11.2 Å². The Morgan fingerprint density at radius 2 is 1.62 bits per heavy atom. The first kappa shape index (κ1) is 17.2. The minimum atomic E-state index is 0.0443. The zero-order valence-corrected chi connectivity index (χ0v) is 16.0. The maximum atomic E-state index is 12.0. The van der Waals surface area contributed by atoms with Gasteiger partial charge in [0, 0.05) is 13.0 Å². The lowest BCUT2D eigenvalue weighted by Gasteiger charge is -2.16. The van der Waals surface area contributed by atoms with Gasteiger partial charge in [-0.3, -0.25) is 9.69 Å². The highest BCUT2D eigenvalue weighted by Gasteiger charge is 2.34. The molecule has 0 atom stereocenters. The molecule has 0 aliphatic heterocycles. The van der Waals surface area contributed by atoms with Gasteiger partial charge < -0.3 is 0 Å². The van der Waals surface area contributed by atoms with Crippen LogP contribution in [0.25, 0.3) is 0 Å². The van der Waals surface area contributed by atoms with Gasteiger partial charge in [0.05, 0.1) is 5.25 Å². The summed E-state index contributed by atoms with van der Waals surface area (Å²) in [7, 11) is 0. The maximum Gasteiger partial charge on any atom is 0.225 e. The Balaban J connectivity index is 1.61. The highest BCUT2D eigenvalue weighted by molar-refractivity contribution is 8.01. The second-order valence-corrected chi connectivity index (χ2v) is 8.60. The van der Waals surface area contributed by atoms with Crippen molar-refractivity contribution >= 4 is 34.1 Å². The Morgan fingerprint density at radius 3 is 2.12 bits per heavy atom. The molecule has 0 bridgehead atoms. The van der Waals surface area contributed by atoms with E-state index in [4.69, 9.17) is 0 Å². The fourth-order valence-corrected chi connectivity index (χ4v) is 5.19. The normalized spacial score (nSPS) is 13.8. The molecule has 0 saturated heterocycles. The second kappa shape index (κ2) is 7.60. The van der Waals surface area contributed by atoms with E-state index in [9.17, 15) is 4.79 Å². The van der Waals surface area contributed by atoms with E-state index in [0.717, 1.165) is 17.2 Å². The van der Waals surface area contributed by atoms with Crippen LogP contribution < -0.4 is 4.90 Å². The number of hydrogen-bond acceptors (Lipinski definition) is 5. The minimum Gasteiger partial charge on any atom is -0.284 e. The van der Waals surface area contributed by atoms with E-state index in [1.54, 1.807) is 23.6 Å². The van der Waals surface area contributed by atoms with Crippen molar-refractivity contribution in [2.24, 2.45) is 0 Å². The third-order valence-corrected chi connectivity index (χ3v) is 6.60. The number of benzene rings is 2. The molecule has 1 aliphatic rings. The fraction of sp³-hybridized carbons (Fsp3) is 0.250. The van der Waals surface area contributed by atoms with E-state index >= 15 is 0 Å². The molecule has 1 heterocycles. The van der Waals surface area contributed by atoms with Gasteiger partial charge in [-0.15, -0.1) is 10.2 Å². The number of anilines is 1. The van der Waals surface area contributed by atoms with E-state index in [1.807, 2.05) is 12.1 Å². The van der Waals surface area contributed by atoms with E-state index < -0.39 is 0 Å². The van der Waals surface area contributed by atoms with Crippen molar-refractivity contribution in [1.82, 2.24) is 10.2 Å². The lowest BCUT2D eigenvalue weighted by atomic mass is 10.0. The Morgan fingerprint density at radius 1 is 1.04 bits per heavy atom. The van der Waals surface area contributed by atoms with Crippen LogP contribution in [-0.2, 0) is 4.79 Å². The zero-order chi connectivity index (χ0) is 17.9. The highest BCUT2D eigenvalue weighted by atomic mass is 32.2. The van der Waals surface area contributed by atoms with E-state index in [1.165, 1.54) is 22.5 Å². The number of amides is 1. The molecule has 0 radical (unpaired) electrons. The van der Waals surface area contributed by atoms with Crippen LogP contribution in [0.1, 0.15) is 36.1 Å². The molecule has 0 N–H and O–H groups in total. The van der Waals surface area contributed by atoms with Crippen LogP contribution in [0.5, 0.6) is 0 Å². The van der Waals surface area contributed by atoms with Crippen molar-refractivity contribution < 1.29 is 4.79 Å². The molecule has 3 aromatic rings. The standard InChI is InChI=1S/C20H19N3OS2/c1-14(24)23(17-12-13-17)19-21-22-20(26-19)25-18(15-8-4-2-5-9-15)16-10-6-3-7-11-16/h2-11,17-18H,12-13H2,1H3. The van der Waals surface area contributed by atoms with Crippen molar-refractivity contribution in [3.63, 3.8) is 0 Å². The molecule has 0 spiro atoms. The summed E-state index contributed by atoms with van der Waals surface area (Å²) in [6.45, 7) is 1.60. The summed E-state index contributed by atoms with van der Waals surface area (Å²) in [5.41, 5.74) is 2.46. The van der Waals surface area contributed by atoms with Gasteiger partial charge in [0.25, 0.3) is 0 Å². The van der Waals surface area contributed by atoms with Gasteiger partial charge in [0.1, 0.15) is 0 Å². The summed E-state index contributed by atoms with van der Waals surface area (Å²) in [6.07, 6.45) is 2.11. The predicted octanol–water partition coefficient (Wildman–Crippen LogP) is 4.94. The summed E-state index contributed by atoms with van der Waals surface area (Å²) >= 11 is 3.19. The van der Waals surface area contributed by atoms with Crippen LogP contribution in [0.4, 0.5) is 5.13 Å². The number of carbonyl (C=O) groups excluding carboxylic acids is 1. The molecule has 1 amide bonds. The summed E-state index contributed by atoms with van der Waals surface area (Å²) < 4.78 is 0.879. The number of carbonyl (C=O) groups is 1. The van der Waals surface area contributed by atoms with Gasteiger partial charge in [0.2, 0.25) is 11.0 Å². The third-order valence-electron chi connectivity index (χ3n) is 4.28. The zero-order valence-electron chi connectivity index (χ0n) is 14.4. The van der Waals surface area contributed by atoms with Crippen molar-refractivity contribution in [3.8, 4) is 0 Å². The van der Waals surface area contributed by atoms with Crippen LogP contribution in [0.3, 0.4) is 0 Å². The molecule has 1 fully saturated rings. The van der Waals surface area contributed by atoms with E-state index in [2.05, 4.69) is 58.7 Å². The molecular formula is C20H19N3OS2. The molecule has 4 nitrogen and oxygen atoms in total. The molecular weight excluding hydrogens is 362 g/mol. The van der Waals surface area contributed by atoms with Gasteiger partial charge >= 0.3 is 0 Å². The molecule has 1 aliphatic carbocycles. The summed E-state index contributed by atoms with van der Waals surface area (Å²) in [6, 6.07) is 21.1. The smallest absolute Gasteiger partial charge is 0.225 e. The van der Waals surface area contributed by atoms with Gasteiger partial charge in [0.15, 0.2) is 4.34 Å². The summed E-state index contributed by atoms with van der Waals surface area (Å²) in [5.74, 6) is 0.0443. The Labute approximate surface area is 161 Å². The first-order valence-electron chi connectivity index (χ1n) is 8.62. The fourth-order valence-electron chi connectivity index (χ4n) is 2.91. The Kier molecular flexibility index (Phi) is 5.04. The predicted molar refractivity (Wildman–Crippen MR) is 107 cm³/mol. The van der Waals surface area contributed by atoms with Crippen LogP contribution >= 0.6 is 23.1 Å². The van der Waals surface area contributed by atoms with Gasteiger partial charge in [-0.05, 0) is 24.0 Å². The number of aromatic nitrogens is 2. The molecule has 1 saturated carbocycles. The number of rotatable bonds is 6.